The molecule has 0 heterocycles. The first kappa shape index (κ1) is 7.53. The standard InChI is InChI=1S/C11H13N/c1-11(2)7-8-5-3-4-6-9(8)10(11)12/h3-6,12H,7H2,1-2H3. The van der Waals surface area contributed by atoms with Crippen molar-refractivity contribution < 1.29 is 0 Å². The minimum atomic E-state index is 0.0453. The van der Waals surface area contributed by atoms with E-state index in [0.29, 0.717) is 0 Å². The largest absolute Gasteiger partial charge is 0.304 e. The predicted molar refractivity (Wildman–Crippen MR) is 50.8 cm³/mol. The topological polar surface area (TPSA) is 23.9 Å². The zero-order chi connectivity index (χ0) is 8.77. The molecular weight excluding hydrogens is 146 g/mol. The lowest BCUT2D eigenvalue weighted by molar-refractivity contribution is 0.538. The Hall–Kier alpha value is -1.11. The van der Waals surface area contributed by atoms with Crippen LogP contribution in [0.1, 0.15) is 25.0 Å². The second-order valence-electron chi connectivity index (χ2n) is 4.09. The van der Waals surface area contributed by atoms with Crippen molar-refractivity contribution in [2.75, 3.05) is 0 Å². The van der Waals surface area contributed by atoms with E-state index in [2.05, 4.69) is 19.9 Å². The molecule has 1 N–H and O–H groups in total. The zero-order valence-corrected chi connectivity index (χ0v) is 7.52. The first-order valence-corrected chi connectivity index (χ1v) is 4.28. The molecule has 0 spiro atoms. The summed E-state index contributed by atoms with van der Waals surface area (Å²) in [5.41, 5.74) is 3.30. The van der Waals surface area contributed by atoms with Crippen LogP contribution >= 0.6 is 0 Å². The highest BCUT2D eigenvalue weighted by Crippen LogP contribution is 2.35. The van der Waals surface area contributed by atoms with Crippen LogP contribution in [0.2, 0.25) is 0 Å². The maximum Gasteiger partial charge on any atom is 0.0448 e. The van der Waals surface area contributed by atoms with Crippen molar-refractivity contribution in [2.45, 2.75) is 20.3 Å². The van der Waals surface area contributed by atoms with Gasteiger partial charge in [-0.2, -0.15) is 0 Å². The van der Waals surface area contributed by atoms with Gasteiger partial charge in [0.25, 0.3) is 0 Å². The monoisotopic (exact) mass is 159 g/mol. The molecule has 1 nitrogen and oxygen atoms in total. The van der Waals surface area contributed by atoms with Gasteiger partial charge in [-0.05, 0) is 17.5 Å². The quantitative estimate of drug-likeness (QED) is 0.601. The summed E-state index contributed by atoms with van der Waals surface area (Å²) in [6, 6.07) is 8.23. The number of hydrogen-bond acceptors (Lipinski definition) is 1. The van der Waals surface area contributed by atoms with Gasteiger partial charge in [0.1, 0.15) is 0 Å². The van der Waals surface area contributed by atoms with Crippen molar-refractivity contribution in [3.05, 3.63) is 35.4 Å². The van der Waals surface area contributed by atoms with Gasteiger partial charge in [-0.25, -0.2) is 0 Å². The predicted octanol–water partition coefficient (Wildman–Crippen LogP) is 2.64. The van der Waals surface area contributed by atoms with Gasteiger partial charge in [0, 0.05) is 11.1 Å². The molecule has 0 saturated carbocycles. The van der Waals surface area contributed by atoms with Crippen LogP contribution < -0.4 is 0 Å². The first-order chi connectivity index (χ1) is 5.61. The Morgan fingerprint density at radius 3 is 2.58 bits per heavy atom. The number of fused-ring (bicyclic) bond motifs is 1. The van der Waals surface area contributed by atoms with Crippen LogP contribution in [0.3, 0.4) is 0 Å². The van der Waals surface area contributed by atoms with E-state index in [4.69, 9.17) is 5.41 Å². The summed E-state index contributed by atoms with van der Waals surface area (Å²) in [4.78, 5) is 0. The van der Waals surface area contributed by atoms with Crippen molar-refractivity contribution in [1.82, 2.24) is 0 Å². The molecule has 0 radical (unpaired) electrons. The average Bonchev–Trinajstić information content (AvgIpc) is 2.24. The fourth-order valence-electron chi connectivity index (χ4n) is 1.85. The maximum atomic E-state index is 7.93. The third-order valence-corrected chi connectivity index (χ3v) is 2.60. The summed E-state index contributed by atoms with van der Waals surface area (Å²) < 4.78 is 0. The van der Waals surface area contributed by atoms with Crippen LogP contribution in [0.15, 0.2) is 24.3 Å². The minimum absolute atomic E-state index is 0.0453. The highest BCUT2D eigenvalue weighted by Gasteiger charge is 2.33. The molecule has 0 aliphatic heterocycles. The maximum absolute atomic E-state index is 7.93. The lowest BCUT2D eigenvalue weighted by atomic mass is 9.88. The summed E-state index contributed by atoms with van der Waals surface area (Å²) in [6.07, 6.45) is 1.02. The van der Waals surface area contributed by atoms with Crippen molar-refractivity contribution >= 4 is 5.71 Å². The third kappa shape index (κ3) is 0.893. The van der Waals surface area contributed by atoms with E-state index in [1.807, 2.05) is 18.2 Å². The Morgan fingerprint density at radius 1 is 1.25 bits per heavy atom. The van der Waals surface area contributed by atoms with Gasteiger partial charge in [0.15, 0.2) is 0 Å². The van der Waals surface area contributed by atoms with Crippen LogP contribution in [-0.4, -0.2) is 5.71 Å². The van der Waals surface area contributed by atoms with Crippen LogP contribution in [0, 0.1) is 10.8 Å². The Labute approximate surface area is 72.9 Å². The molecule has 0 atom stereocenters. The zero-order valence-electron chi connectivity index (χ0n) is 7.52. The molecule has 0 aromatic heterocycles. The highest BCUT2D eigenvalue weighted by molar-refractivity contribution is 6.06. The van der Waals surface area contributed by atoms with Gasteiger partial charge in [-0.15, -0.1) is 0 Å². The number of benzene rings is 1. The fraction of sp³-hybridized carbons (Fsp3) is 0.364. The van der Waals surface area contributed by atoms with Crippen molar-refractivity contribution in [3.63, 3.8) is 0 Å². The van der Waals surface area contributed by atoms with Gasteiger partial charge in [-0.1, -0.05) is 38.1 Å². The second-order valence-corrected chi connectivity index (χ2v) is 4.09. The lowest BCUT2D eigenvalue weighted by Gasteiger charge is -2.16. The lowest BCUT2D eigenvalue weighted by Crippen LogP contribution is -2.18. The molecule has 0 fully saturated rings. The average molecular weight is 159 g/mol. The first-order valence-electron chi connectivity index (χ1n) is 4.28. The second kappa shape index (κ2) is 2.19. The molecule has 1 aromatic rings. The van der Waals surface area contributed by atoms with Crippen molar-refractivity contribution in [3.8, 4) is 0 Å². The van der Waals surface area contributed by atoms with Gasteiger partial charge in [-0.3, -0.25) is 0 Å². The molecule has 2 rings (SSSR count). The summed E-state index contributed by atoms with van der Waals surface area (Å²) in [7, 11) is 0. The van der Waals surface area contributed by atoms with Gasteiger partial charge in [0.05, 0.1) is 0 Å². The third-order valence-electron chi connectivity index (χ3n) is 2.60. The van der Waals surface area contributed by atoms with Gasteiger partial charge < -0.3 is 5.41 Å². The minimum Gasteiger partial charge on any atom is -0.304 e. The summed E-state index contributed by atoms with van der Waals surface area (Å²) >= 11 is 0. The fourth-order valence-corrected chi connectivity index (χ4v) is 1.85. The van der Waals surface area contributed by atoms with Crippen molar-refractivity contribution in [1.29, 1.82) is 5.41 Å². The molecule has 0 amide bonds. The summed E-state index contributed by atoms with van der Waals surface area (Å²) in [5.74, 6) is 0. The molecule has 0 bridgehead atoms. The van der Waals surface area contributed by atoms with E-state index in [1.54, 1.807) is 0 Å². The molecule has 62 valence electrons. The number of rotatable bonds is 0. The molecule has 0 unspecified atom stereocenters. The van der Waals surface area contributed by atoms with E-state index in [9.17, 15) is 0 Å². The van der Waals surface area contributed by atoms with E-state index in [1.165, 1.54) is 5.56 Å². The highest BCUT2D eigenvalue weighted by atomic mass is 14.5. The smallest absolute Gasteiger partial charge is 0.0448 e. The van der Waals surface area contributed by atoms with Crippen molar-refractivity contribution in [2.24, 2.45) is 5.41 Å². The molecule has 1 heteroatoms. The van der Waals surface area contributed by atoms with Gasteiger partial charge in [0.2, 0.25) is 0 Å². The van der Waals surface area contributed by atoms with E-state index >= 15 is 0 Å². The molecule has 1 aromatic carbocycles. The molecular formula is C11H13N. The number of nitrogens with one attached hydrogen (secondary N) is 1. The van der Waals surface area contributed by atoms with Crippen LogP contribution in [0.25, 0.3) is 0 Å². The molecule has 1 aliphatic rings. The summed E-state index contributed by atoms with van der Waals surface area (Å²) in [5, 5.41) is 7.93. The number of hydrogen-bond donors (Lipinski definition) is 1. The van der Waals surface area contributed by atoms with Crippen LogP contribution in [0.4, 0.5) is 0 Å². The summed E-state index contributed by atoms with van der Waals surface area (Å²) in [6.45, 7) is 4.27. The Morgan fingerprint density at radius 2 is 1.92 bits per heavy atom. The molecule has 0 saturated heterocycles. The Kier molecular flexibility index (Phi) is 1.38. The molecule has 12 heavy (non-hydrogen) atoms. The van der Waals surface area contributed by atoms with Gasteiger partial charge >= 0.3 is 0 Å². The van der Waals surface area contributed by atoms with E-state index in [0.717, 1.165) is 17.7 Å². The molecule has 1 aliphatic carbocycles. The SMILES string of the molecule is CC1(C)Cc2ccccc2C1=N. The Bertz CT molecular complexity index is 337. The Balaban J connectivity index is 2.57. The van der Waals surface area contributed by atoms with E-state index in [-0.39, 0.29) is 5.41 Å². The van der Waals surface area contributed by atoms with Crippen LogP contribution in [0.5, 0.6) is 0 Å². The van der Waals surface area contributed by atoms with E-state index < -0.39 is 0 Å². The van der Waals surface area contributed by atoms with Crippen LogP contribution in [-0.2, 0) is 6.42 Å². The normalized spacial score (nSPS) is 19.3.